The number of nitrogens with two attached hydrogens (primary N) is 1. The van der Waals surface area contributed by atoms with Crippen LogP contribution < -0.4 is 11.1 Å². The summed E-state index contributed by atoms with van der Waals surface area (Å²) in [5.41, 5.74) is 6.46. The van der Waals surface area contributed by atoms with Crippen LogP contribution >= 0.6 is 39.9 Å². The van der Waals surface area contributed by atoms with E-state index in [1.54, 1.807) is 23.9 Å². The standard InChI is InChI=1S/C11H14BrFN2S2/c1-6(17-2)5-15-8-4-3-7(11(14)16)9(12)10(8)13/h3-4,6,15H,5H2,1-2H3,(H2,14,16). The maximum atomic E-state index is 13.9. The summed E-state index contributed by atoms with van der Waals surface area (Å²) in [6.45, 7) is 2.78. The van der Waals surface area contributed by atoms with Crippen LogP contribution in [0.3, 0.4) is 0 Å². The van der Waals surface area contributed by atoms with Crippen LogP contribution in [0.4, 0.5) is 10.1 Å². The second kappa shape index (κ2) is 6.56. The van der Waals surface area contributed by atoms with Gasteiger partial charge in [-0.15, -0.1) is 0 Å². The highest BCUT2D eigenvalue weighted by Gasteiger charge is 2.13. The van der Waals surface area contributed by atoms with Gasteiger partial charge in [-0.25, -0.2) is 4.39 Å². The fraction of sp³-hybridized carbons (Fsp3) is 0.364. The van der Waals surface area contributed by atoms with Crippen molar-refractivity contribution in [3.8, 4) is 0 Å². The first-order valence-electron chi connectivity index (χ1n) is 5.01. The second-order valence-electron chi connectivity index (χ2n) is 3.58. The average molecular weight is 337 g/mol. The van der Waals surface area contributed by atoms with Gasteiger partial charge in [-0.2, -0.15) is 11.8 Å². The molecule has 0 aliphatic carbocycles. The molecule has 6 heteroatoms. The molecule has 1 unspecified atom stereocenters. The Balaban J connectivity index is 2.89. The van der Waals surface area contributed by atoms with Crippen molar-refractivity contribution < 1.29 is 4.39 Å². The van der Waals surface area contributed by atoms with Crippen molar-refractivity contribution >= 4 is 50.6 Å². The summed E-state index contributed by atoms with van der Waals surface area (Å²) >= 11 is 9.73. The van der Waals surface area contributed by atoms with Crippen molar-refractivity contribution in [2.24, 2.45) is 5.73 Å². The lowest BCUT2D eigenvalue weighted by Crippen LogP contribution is -2.15. The molecule has 0 spiro atoms. The zero-order chi connectivity index (χ0) is 13.0. The van der Waals surface area contributed by atoms with Gasteiger partial charge in [0.05, 0.1) is 10.2 Å². The molecule has 0 saturated heterocycles. The zero-order valence-electron chi connectivity index (χ0n) is 9.59. The van der Waals surface area contributed by atoms with E-state index < -0.39 is 0 Å². The monoisotopic (exact) mass is 336 g/mol. The van der Waals surface area contributed by atoms with Crippen molar-refractivity contribution in [2.75, 3.05) is 18.1 Å². The normalized spacial score (nSPS) is 12.2. The maximum absolute atomic E-state index is 13.9. The fourth-order valence-corrected chi connectivity index (χ4v) is 2.32. The van der Waals surface area contributed by atoms with Crippen molar-refractivity contribution in [3.63, 3.8) is 0 Å². The molecule has 1 atom stereocenters. The molecule has 0 aliphatic heterocycles. The SMILES string of the molecule is CSC(C)CNc1ccc(C(N)=S)c(Br)c1F. The molecule has 0 heterocycles. The fourth-order valence-electron chi connectivity index (χ4n) is 1.21. The number of hydrogen-bond donors (Lipinski definition) is 2. The Kier molecular flexibility index (Phi) is 5.69. The number of rotatable bonds is 5. The Morgan fingerprint density at radius 2 is 2.29 bits per heavy atom. The average Bonchev–Trinajstić information content (AvgIpc) is 2.30. The van der Waals surface area contributed by atoms with Gasteiger partial charge in [0, 0.05) is 17.4 Å². The van der Waals surface area contributed by atoms with Gasteiger partial charge >= 0.3 is 0 Å². The van der Waals surface area contributed by atoms with E-state index in [1.807, 2.05) is 6.26 Å². The summed E-state index contributed by atoms with van der Waals surface area (Å²) in [6.07, 6.45) is 2.02. The summed E-state index contributed by atoms with van der Waals surface area (Å²) in [4.78, 5) is 0.180. The number of nitrogens with one attached hydrogen (secondary N) is 1. The molecule has 1 aromatic rings. The van der Waals surface area contributed by atoms with Crippen molar-refractivity contribution in [2.45, 2.75) is 12.2 Å². The summed E-state index contributed by atoms with van der Waals surface area (Å²) in [5, 5.41) is 3.48. The predicted molar refractivity (Wildman–Crippen MR) is 81.5 cm³/mol. The zero-order valence-corrected chi connectivity index (χ0v) is 12.8. The Hall–Kier alpha value is -0.330. The number of benzene rings is 1. The van der Waals surface area contributed by atoms with Gasteiger partial charge in [0.1, 0.15) is 4.99 Å². The van der Waals surface area contributed by atoms with Crippen LogP contribution in [0, 0.1) is 5.82 Å². The molecule has 17 heavy (non-hydrogen) atoms. The molecular formula is C11H14BrFN2S2. The molecule has 0 aliphatic rings. The van der Waals surface area contributed by atoms with Gasteiger partial charge in [-0.3, -0.25) is 0 Å². The van der Waals surface area contributed by atoms with Crippen LogP contribution in [0.5, 0.6) is 0 Å². The molecule has 94 valence electrons. The number of thiocarbonyl (C=S) groups is 1. The van der Waals surface area contributed by atoms with Crippen LogP contribution in [-0.4, -0.2) is 23.0 Å². The first-order chi connectivity index (χ1) is 7.97. The Morgan fingerprint density at radius 1 is 1.65 bits per heavy atom. The molecular weight excluding hydrogens is 323 g/mol. The van der Waals surface area contributed by atoms with E-state index >= 15 is 0 Å². The number of thioether (sulfide) groups is 1. The van der Waals surface area contributed by atoms with E-state index in [2.05, 4.69) is 28.2 Å². The van der Waals surface area contributed by atoms with Gasteiger partial charge in [0.2, 0.25) is 0 Å². The van der Waals surface area contributed by atoms with E-state index in [9.17, 15) is 4.39 Å². The third-order valence-electron chi connectivity index (χ3n) is 2.33. The van der Waals surface area contributed by atoms with Gasteiger partial charge in [0.15, 0.2) is 5.82 Å². The Labute approximate surface area is 119 Å². The summed E-state index contributed by atoms with van der Waals surface area (Å²) in [7, 11) is 0. The third-order valence-corrected chi connectivity index (χ3v) is 4.30. The number of halogens is 2. The minimum Gasteiger partial charge on any atom is -0.389 e. The number of anilines is 1. The van der Waals surface area contributed by atoms with Gasteiger partial charge < -0.3 is 11.1 Å². The van der Waals surface area contributed by atoms with Gasteiger partial charge in [-0.05, 0) is 34.3 Å². The maximum Gasteiger partial charge on any atom is 0.161 e. The lowest BCUT2D eigenvalue weighted by Gasteiger charge is -2.13. The quantitative estimate of drug-likeness (QED) is 0.808. The highest BCUT2D eigenvalue weighted by Crippen LogP contribution is 2.27. The molecule has 3 N–H and O–H groups in total. The van der Waals surface area contributed by atoms with Crippen molar-refractivity contribution in [1.29, 1.82) is 0 Å². The Bertz CT molecular complexity index is 426. The van der Waals surface area contributed by atoms with Crippen LogP contribution in [-0.2, 0) is 0 Å². The topological polar surface area (TPSA) is 38.0 Å². The van der Waals surface area contributed by atoms with E-state index in [0.29, 0.717) is 27.5 Å². The lowest BCUT2D eigenvalue weighted by molar-refractivity contribution is 0.623. The Morgan fingerprint density at radius 3 is 2.82 bits per heavy atom. The van der Waals surface area contributed by atoms with Crippen LogP contribution in [0.2, 0.25) is 0 Å². The molecule has 1 rings (SSSR count). The van der Waals surface area contributed by atoms with Crippen LogP contribution in [0.25, 0.3) is 0 Å². The minimum absolute atomic E-state index is 0.180. The first kappa shape index (κ1) is 14.7. The van der Waals surface area contributed by atoms with Crippen molar-refractivity contribution in [1.82, 2.24) is 0 Å². The van der Waals surface area contributed by atoms with Gasteiger partial charge in [-0.1, -0.05) is 19.1 Å². The predicted octanol–water partition coefficient (Wildman–Crippen LogP) is 3.39. The highest BCUT2D eigenvalue weighted by atomic mass is 79.9. The van der Waals surface area contributed by atoms with E-state index in [0.717, 1.165) is 0 Å². The third kappa shape index (κ3) is 3.82. The molecule has 0 bridgehead atoms. The summed E-state index contributed by atoms with van der Waals surface area (Å²) in [5.74, 6) is -0.358. The number of hydrogen-bond acceptors (Lipinski definition) is 3. The molecule has 2 nitrogen and oxygen atoms in total. The second-order valence-corrected chi connectivity index (χ2v) is 6.09. The van der Waals surface area contributed by atoms with E-state index in [-0.39, 0.29) is 10.8 Å². The molecule has 0 aromatic heterocycles. The molecule has 0 radical (unpaired) electrons. The van der Waals surface area contributed by atoms with E-state index in [1.165, 1.54) is 0 Å². The smallest absolute Gasteiger partial charge is 0.161 e. The van der Waals surface area contributed by atoms with Gasteiger partial charge in [0.25, 0.3) is 0 Å². The first-order valence-corrected chi connectivity index (χ1v) is 7.50. The van der Waals surface area contributed by atoms with Crippen molar-refractivity contribution in [3.05, 3.63) is 28.0 Å². The summed E-state index contributed by atoms with van der Waals surface area (Å²) in [6, 6.07) is 3.36. The largest absolute Gasteiger partial charge is 0.389 e. The molecule has 0 saturated carbocycles. The molecule has 1 aromatic carbocycles. The highest BCUT2D eigenvalue weighted by molar-refractivity contribution is 9.10. The summed E-state index contributed by atoms with van der Waals surface area (Å²) < 4.78 is 14.3. The molecule has 0 amide bonds. The van der Waals surface area contributed by atoms with Crippen LogP contribution in [0.15, 0.2) is 16.6 Å². The van der Waals surface area contributed by atoms with Crippen LogP contribution in [0.1, 0.15) is 12.5 Å². The minimum atomic E-state index is -0.358. The van der Waals surface area contributed by atoms with E-state index in [4.69, 9.17) is 18.0 Å². The lowest BCUT2D eigenvalue weighted by atomic mass is 10.2. The molecule has 0 fully saturated rings.